The zero-order chi connectivity index (χ0) is 12.7. The van der Waals surface area contributed by atoms with Crippen LogP contribution < -0.4 is 0 Å². The minimum atomic E-state index is -0.768. The van der Waals surface area contributed by atoms with Gasteiger partial charge in [-0.15, -0.1) is 0 Å². The van der Waals surface area contributed by atoms with Crippen LogP contribution in [0.5, 0.6) is 0 Å². The number of hydrogen-bond acceptors (Lipinski definition) is 4. The highest BCUT2D eigenvalue weighted by atomic mass is 16.4. The molecule has 2 rings (SSSR count). The molecule has 0 aliphatic carbocycles. The molecule has 5 heteroatoms. The molecule has 0 aromatic carbocycles. The lowest BCUT2D eigenvalue weighted by Gasteiger charge is -2.43. The summed E-state index contributed by atoms with van der Waals surface area (Å²) in [7, 11) is 1.86. The van der Waals surface area contributed by atoms with Crippen LogP contribution in [0.2, 0.25) is 0 Å². The molecule has 2 aliphatic heterocycles. The normalized spacial score (nSPS) is 30.1. The highest BCUT2D eigenvalue weighted by Gasteiger charge is 2.36. The molecule has 2 unspecified atom stereocenters. The van der Waals surface area contributed by atoms with E-state index >= 15 is 0 Å². The van der Waals surface area contributed by atoms with Gasteiger partial charge in [-0.05, 0) is 33.4 Å². The largest absolute Gasteiger partial charge is 0.480 e. The van der Waals surface area contributed by atoms with Crippen molar-refractivity contribution < 1.29 is 9.90 Å². The second-order valence-electron chi connectivity index (χ2n) is 4.86. The van der Waals surface area contributed by atoms with E-state index in [0.717, 1.165) is 5.84 Å². The summed E-state index contributed by atoms with van der Waals surface area (Å²) in [6.07, 6.45) is 0. The van der Waals surface area contributed by atoms with Gasteiger partial charge in [-0.25, -0.2) is 0 Å². The van der Waals surface area contributed by atoms with Crippen molar-refractivity contribution in [1.29, 1.82) is 0 Å². The predicted molar refractivity (Wildman–Crippen MR) is 66.0 cm³/mol. The molecule has 0 bridgehead atoms. The molecule has 0 aromatic heterocycles. The minimum absolute atomic E-state index is 0.205. The maximum absolute atomic E-state index is 11.2. The van der Waals surface area contributed by atoms with Crippen LogP contribution in [0.1, 0.15) is 20.8 Å². The fourth-order valence-corrected chi connectivity index (χ4v) is 2.47. The average molecular weight is 237 g/mol. The molecular formula is C12H19N3O2. The first kappa shape index (κ1) is 12.1. The highest BCUT2D eigenvalue weighted by Crippen LogP contribution is 2.27. The summed E-state index contributed by atoms with van der Waals surface area (Å²) < 4.78 is 0. The van der Waals surface area contributed by atoms with E-state index in [1.165, 1.54) is 11.3 Å². The molecule has 17 heavy (non-hydrogen) atoms. The summed E-state index contributed by atoms with van der Waals surface area (Å²) in [6.45, 7) is 7.28. The van der Waals surface area contributed by atoms with Gasteiger partial charge in [0, 0.05) is 12.2 Å². The number of fused-ring (bicyclic) bond motifs is 1. The molecule has 2 aliphatic rings. The van der Waals surface area contributed by atoms with E-state index in [0.29, 0.717) is 13.1 Å². The molecule has 5 nitrogen and oxygen atoms in total. The average Bonchev–Trinajstić information content (AvgIpc) is 2.25. The zero-order valence-corrected chi connectivity index (χ0v) is 10.8. The minimum Gasteiger partial charge on any atom is -0.480 e. The molecule has 1 saturated heterocycles. The predicted octanol–water partition coefficient (Wildman–Crippen LogP) is 0.782. The maximum atomic E-state index is 11.2. The van der Waals surface area contributed by atoms with Crippen LogP contribution in [-0.4, -0.2) is 58.9 Å². The number of aliphatic imine (C=N–C) groups is 1. The summed E-state index contributed by atoms with van der Waals surface area (Å²) >= 11 is 0. The van der Waals surface area contributed by atoms with Crippen molar-refractivity contribution in [2.45, 2.75) is 32.9 Å². The lowest BCUT2D eigenvalue weighted by atomic mass is 10.0. The van der Waals surface area contributed by atoms with Gasteiger partial charge in [-0.1, -0.05) is 0 Å². The van der Waals surface area contributed by atoms with Crippen molar-refractivity contribution in [2.24, 2.45) is 4.99 Å². The molecule has 2 heterocycles. The Morgan fingerprint density at radius 3 is 2.71 bits per heavy atom. The van der Waals surface area contributed by atoms with Crippen molar-refractivity contribution in [1.82, 2.24) is 9.80 Å². The Balaban J connectivity index is 2.32. The molecule has 2 atom stereocenters. The van der Waals surface area contributed by atoms with Crippen LogP contribution in [-0.2, 0) is 4.79 Å². The van der Waals surface area contributed by atoms with Crippen LogP contribution in [0.3, 0.4) is 0 Å². The molecule has 0 amide bonds. The molecule has 0 aromatic rings. The Hall–Kier alpha value is -1.36. The third-order valence-electron chi connectivity index (χ3n) is 3.75. The number of aliphatic carboxylic acids is 1. The Labute approximate surface area is 101 Å². The Morgan fingerprint density at radius 2 is 2.12 bits per heavy atom. The first-order valence-electron chi connectivity index (χ1n) is 5.86. The number of piperazine rings is 1. The summed E-state index contributed by atoms with van der Waals surface area (Å²) in [5, 5.41) is 9.18. The number of likely N-dealkylation sites (N-methyl/N-ethyl adjacent to an activating group) is 1. The van der Waals surface area contributed by atoms with Crippen LogP contribution in [0.25, 0.3) is 0 Å². The lowest BCUT2D eigenvalue weighted by Crippen LogP contribution is -2.56. The third kappa shape index (κ3) is 1.95. The second-order valence-corrected chi connectivity index (χ2v) is 4.86. The van der Waals surface area contributed by atoms with Crippen LogP contribution >= 0.6 is 0 Å². The topological polar surface area (TPSA) is 56.1 Å². The Bertz CT molecular complexity index is 414. The number of carboxylic acids is 1. The quantitative estimate of drug-likeness (QED) is 0.732. The lowest BCUT2D eigenvalue weighted by molar-refractivity contribution is -0.143. The van der Waals surface area contributed by atoms with E-state index in [2.05, 4.69) is 18.8 Å². The first-order valence-corrected chi connectivity index (χ1v) is 5.86. The summed E-state index contributed by atoms with van der Waals surface area (Å²) in [5.41, 5.74) is 2.45. The van der Waals surface area contributed by atoms with Crippen molar-refractivity contribution >= 4 is 11.8 Å². The van der Waals surface area contributed by atoms with Crippen molar-refractivity contribution in [2.75, 3.05) is 20.1 Å². The molecule has 94 valence electrons. The molecule has 0 radical (unpaired) electrons. The van der Waals surface area contributed by atoms with Gasteiger partial charge in [0.05, 0.1) is 12.6 Å². The number of nitrogens with zero attached hydrogens (tertiary/aromatic N) is 3. The Morgan fingerprint density at radius 1 is 1.47 bits per heavy atom. The van der Waals surface area contributed by atoms with Gasteiger partial charge in [0.25, 0.3) is 0 Å². The van der Waals surface area contributed by atoms with E-state index in [4.69, 9.17) is 0 Å². The summed E-state index contributed by atoms with van der Waals surface area (Å²) in [4.78, 5) is 19.6. The van der Waals surface area contributed by atoms with Gasteiger partial charge >= 0.3 is 5.97 Å². The van der Waals surface area contributed by atoms with Crippen molar-refractivity contribution in [3.8, 4) is 0 Å². The van der Waals surface area contributed by atoms with Gasteiger partial charge in [-0.3, -0.25) is 14.7 Å². The fourth-order valence-electron chi connectivity index (χ4n) is 2.47. The van der Waals surface area contributed by atoms with Crippen LogP contribution in [0.4, 0.5) is 0 Å². The van der Waals surface area contributed by atoms with Gasteiger partial charge in [-0.2, -0.15) is 0 Å². The van der Waals surface area contributed by atoms with Gasteiger partial charge in [0.15, 0.2) is 0 Å². The standard InChI is InChI=1S/C12H19N3O2/c1-7-8(2)13-9(3)15-6-11(12(16)17)14(4)5-10(7)15/h8,11H,5-6H2,1-4H3,(H,16,17). The van der Waals surface area contributed by atoms with Crippen molar-refractivity contribution in [3.05, 3.63) is 11.3 Å². The van der Waals surface area contributed by atoms with Crippen molar-refractivity contribution in [3.63, 3.8) is 0 Å². The molecule has 0 saturated carbocycles. The number of amidine groups is 1. The van der Waals surface area contributed by atoms with Gasteiger partial charge in [0.2, 0.25) is 0 Å². The van der Waals surface area contributed by atoms with Gasteiger partial charge < -0.3 is 10.0 Å². The third-order valence-corrected chi connectivity index (χ3v) is 3.75. The van der Waals surface area contributed by atoms with Crippen LogP contribution in [0, 0.1) is 0 Å². The monoisotopic (exact) mass is 237 g/mol. The molecule has 1 fully saturated rings. The summed E-state index contributed by atoms with van der Waals surface area (Å²) in [5.74, 6) is 0.160. The molecule has 1 N–H and O–H groups in total. The fraction of sp³-hybridized carbons (Fsp3) is 0.667. The van der Waals surface area contributed by atoms with Gasteiger partial charge in [0.1, 0.15) is 11.9 Å². The van der Waals surface area contributed by atoms with Crippen LogP contribution in [0.15, 0.2) is 16.3 Å². The number of carbonyl (C=O) groups is 1. The zero-order valence-electron chi connectivity index (χ0n) is 10.8. The number of rotatable bonds is 1. The molecular weight excluding hydrogens is 218 g/mol. The maximum Gasteiger partial charge on any atom is 0.322 e. The van der Waals surface area contributed by atoms with E-state index in [9.17, 15) is 9.90 Å². The number of hydrogen-bond donors (Lipinski definition) is 1. The summed E-state index contributed by atoms with van der Waals surface area (Å²) in [6, 6.07) is -0.249. The first-order chi connectivity index (χ1) is 7.91. The number of carboxylic acid groups (broad SMARTS) is 1. The second kappa shape index (κ2) is 4.14. The van der Waals surface area contributed by atoms with E-state index in [1.807, 2.05) is 23.8 Å². The SMILES string of the molecule is CC1=NC(C)C(C)=C2CN(C)C(C(=O)O)CN12. The molecule has 0 spiro atoms. The van der Waals surface area contributed by atoms with E-state index in [1.54, 1.807) is 0 Å². The van der Waals surface area contributed by atoms with E-state index < -0.39 is 12.0 Å². The van der Waals surface area contributed by atoms with E-state index in [-0.39, 0.29) is 6.04 Å². The smallest absolute Gasteiger partial charge is 0.322 e. The highest BCUT2D eigenvalue weighted by molar-refractivity contribution is 5.85. The Kier molecular flexibility index (Phi) is 2.95.